The Labute approximate surface area is 96.5 Å². The van der Waals surface area contributed by atoms with Crippen LogP contribution in [0.15, 0.2) is 40.0 Å². The Morgan fingerprint density at radius 1 is 1.50 bits per heavy atom. The van der Waals surface area contributed by atoms with Gasteiger partial charge in [0.15, 0.2) is 5.76 Å². The highest BCUT2D eigenvalue weighted by Gasteiger charge is 2.08. The van der Waals surface area contributed by atoms with Crippen molar-refractivity contribution >= 4 is 23.4 Å². The average molecular weight is 235 g/mol. The van der Waals surface area contributed by atoms with Gasteiger partial charge in [-0.1, -0.05) is 28.9 Å². The third-order valence-electron chi connectivity index (χ3n) is 2.04. The molecule has 0 bridgehead atoms. The second-order valence-corrected chi connectivity index (χ2v) is 3.58. The van der Waals surface area contributed by atoms with Crippen LogP contribution in [0.2, 0.25) is 5.02 Å². The van der Waals surface area contributed by atoms with Crippen molar-refractivity contribution in [1.29, 1.82) is 0 Å². The maximum atomic E-state index is 10.1. The Hall–Kier alpha value is -1.90. The fourth-order valence-corrected chi connectivity index (χ4v) is 1.57. The average Bonchev–Trinajstić information content (AvgIpc) is 2.66. The van der Waals surface area contributed by atoms with Crippen LogP contribution < -0.4 is 0 Å². The molecule has 2 aromatic rings. The summed E-state index contributed by atoms with van der Waals surface area (Å²) in [6.07, 6.45) is 3.32. The summed E-state index contributed by atoms with van der Waals surface area (Å²) in [5.41, 5.74) is 1.36. The highest BCUT2D eigenvalue weighted by Crippen LogP contribution is 2.22. The maximum Gasteiger partial charge on any atom is 0.240 e. The van der Waals surface area contributed by atoms with E-state index in [1.54, 1.807) is 6.07 Å². The van der Waals surface area contributed by atoms with Crippen LogP contribution in [-0.4, -0.2) is 11.2 Å². The first kappa shape index (κ1) is 10.6. The van der Waals surface area contributed by atoms with Crippen molar-refractivity contribution in [2.45, 2.75) is 6.42 Å². The van der Waals surface area contributed by atoms with E-state index in [9.17, 15) is 4.79 Å². The molecule has 5 heteroatoms. The molecule has 80 valence electrons. The normalized spacial score (nSPS) is 9.81. The van der Waals surface area contributed by atoms with Crippen LogP contribution in [0.5, 0.6) is 0 Å². The van der Waals surface area contributed by atoms with Crippen LogP contribution in [0.1, 0.15) is 11.3 Å². The van der Waals surface area contributed by atoms with Crippen molar-refractivity contribution in [2.75, 3.05) is 0 Å². The molecule has 0 radical (unpaired) electrons. The minimum atomic E-state index is 0.398. The summed E-state index contributed by atoms with van der Waals surface area (Å²) in [5.74, 6) is 0.519. The molecule has 1 aromatic carbocycles. The molecule has 0 amide bonds. The summed E-state index contributed by atoms with van der Waals surface area (Å²) in [4.78, 5) is 13.6. The topological polar surface area (TPSA) is 55.5 Å². The van der Waals surface area contributed by atoms with E-state index in [2.05, 4.69) is 10.1 Å². The second kappa shape index (κ2) is 4.75. The molecule has 2 rings (SSSR count). The minimum absolute atomic E-state index is 0.398. The molecule has 16 heavy (non-hydrogen) atoms. The maximum absolute atomic E-state index is 10.1. The van der Waals surface area contributed by atoms with Gasteiger partial charge in [-0.05, 0) is 17.7 Å². The largest absolute Gasteiger partial charge is 0.359 e. The van der Waals surface area contributed by atoms with Crippen LogP contribution in [0, 0.1) is 0 Å². The minimum Gasteiger partial charge on any atom is -0.359 e. The summed E-state index contributed by atoms with van der Waals surface area (Å²) >= 11 is 5.85. The summed E-state index contributed by atoms with van der Waals surface area (Å²) in [6, 6.07) is 7.36. The van der Waals surface area contributed by atoms with Crippen molar-refractivity contribution in [2.24, 2.45) is 4.99 Å². The first-order valence-corrected chi connectivity index (χ1v) is 4.93. The van der Waals surface area contributed by atoms with Gasteiger partial charge in [-0.2, -0.15) is 4.99 Å². The van der Waals surface area contributed by atoms with E-state index in [1.807, 2.05) is 18.2 Å². The fourth-order valence-electron chi connectivity index (χ4n) is 1.35. The summed E-state index contributed by atoms with van der Waals surface area (Å²) in [6.45, 7) is 0. The standard InChI is InChI=1S/C11H7ClN2O2/c12-9-3-1-2-8(4-9)5-11-10(13-7-15)6-14-16-11/h1-4,6H,5H2. The second-order valence-electron chi connectivity index (χ2n) is 3.14. The van der Waals surface area contributed by atoms with Gasteiger partial charge in [0, 0.05) is 11.4 Å². The van der Waals surface area contributed by atoms with Gasteiger partial charge in [0.05, 0.1) is 6.20 Å². The number of aliphatic imine (C=N–C) groups is 1. The molecule has 0 aliphatic carbocycles. The molecule has 1 aromatic heterocycles. The fraction of sp³-hybridized carbons (Fsp3) is 0.0909. The van der Waals surface area contributed by atoms with E-state index in [4.69, 9.17) is 16.1 Å². The van der Waals surface area contributed by atoms with E-state index >= 15 is 0 Å². The van der Waals surface area contributed by atoms with E-state index < -0.39 is 0 Å². The molecule has 0 spiro atoms. The van der Waals surface area contributed by atoms with Gasteiger partial charge in [-0.15, -0.1) is 0 Å². The Morgan fingerprint density at radius 2 is 2.38 bits per heavy atom. The summed E-state index contributed by atoms with van der Waals surface area (Å²) in [7, 11) is 0. The van der Waals surface area contributed by atoms with Gasteiger partial charge in [0.25, 0.3) is 0 Å². The SMILES string of the molecule is O=C=Nc1cnoc1Cc1cccc(Cl)c1. The molecule has 0 atom stereocenters. The number of hydrogen-bond donors (Lipinski definition) is 0. The van der Waals surface area contributed by atoms with E-state index in [1.165, 1.54) is 12.3 Å². The number of carbonyl (C=O) groups excluding carboxylic acids is 1. The van der Waals surface area contributed by atoms with Gasteiger partial charge in [0.2, 0.25) is 6.08 Å². The Balaban J connectivity index is 2.27. The van der Waals surface area contributed by atoms with Crippen molar-refractivity contribution < 1.29 is 9.32 Å². The lowest BCUT2D eigenvalue weighted by atomic mass is 10.1. The number of aromatic nitrogens is 1. The van der Waals surface area contributed by atoms with Crippen molar-refractivity contribution in [3.63, 3.8) is 0 Å². The Morgan fingerprint density at radius 3 is 3.12 bits per heavy atom. The lowest BCUT2D eigenvalue weighted by Crippen LogP contribution is -1.85. The number of halogens is 1. The first-order valence-electron chi connectivity index (χ1n) is 4.55. The molecule has 0 aliphatic rings. The van der Waals surface area contributed by atoms with Gasteiger partial charge >= 0.3 is 0 Å². The number of hydrogen-bond acceptors (Lipinski definition) is 4. The highest BCUT2D eigenvalue weighted by atomic mass is 35.5. The van der Waals surface area contributed by atoms with Crippen molar-refractivity contribution in [3.8, 4) is 0 Å². The molecule has 0 saturated heterocycles. The quantitative estimate of drug-likeness (QED) is 0.606. The van der Waals surface area contributed by atoms with E-state index in [0.29, 0.717) is 22.9 Å². The highest BCUT2D eigenvalue weighted by molar-refractivity contribution is 6.30. The monoisotopic (exact) mass is 234 g/mol. The molecular formula is C11H7ClN2O2. The third kappa shape index (κ3) is 2.37. The van der Waals surface area contributed by atoms with Crippen LogP contribution in [0.25, 0.3) is 0 Å². The number of rotatable bonds is 3. The molecule has 0 unspecified atom stereocenters. The zero-order chi connectivity index (χ0) is 11.4. The molecule has 0 aliphatic heterocycles. The number of isocyanates is 1. The first-order chi connectivity index (χ1) is 7.79. The molecule has 4 nitrogen and oxygen atoms in total. The van der Waals surface area contributed by atoms with Crippen molar-refractivity contribution in [1.82, 2.24) is 5.16 Å². The predicted octanol–water partition coefficient (Wildman–Crippen LogP) is 2.89. The van der Waals surface area contributed by atoms with Crippen LogP contribution in [0.4, 0.5) is 5.69 Å². The predicted molar refractivity (Wildman–Crippen MR) is 58.5 cm³/mol. The van der Waals surface area contributed by atoms with Crippen LogP contribution in [0.3, 0.4) is 0 Å². The van der Waals surface area contributed by atoms with Gasteiger partial charge in [0.1, 0.15) is 5.69 Å². The van der Waals surface area contributed by atoms with Crippen LogP contribution >= 0.6 is 11.6 Å². The molecule has 1 heterocycles. The zero-order valence-corrected chi connectivity index (χ0v) is 8.94. The van der Waals surface area contributed by atoms with Gasteiger partial charge in [-0.3, -0.25) is 0 Å². The van der Waals surface area contributed by atoms with E-state index in [0.717, 1.165) is 5.56 Å². The molecule has 0 fully saturated rings. The molecule has 0 N–H and O–H groups in total. The lowest BCUT2D eigenvalue weighted by Gasteiger charge is -1.98. The van der Waals surface area contributed by atoms with Crippen molar-refractivity contribution in [3.05, 3.63) is 46.8 Å². The van der Waals surface area contributed by atoms with E-state index in [-0.39, 0.29) is 0 Å². The number of nitrogens with zero attached hydrogens (tertiary/aromatic N) is 2. The molecular weight excluding hydrogens is 228 g/mol. The lowest BCUT2D eigenvalue weighted by molar-refractivity contribution is 0.390. The van der Waals surface area contributed by atoms with Gasteiger partial charge in [-0.25, -0.2) is 4.79 Å². The van der Waals surface area contributed by atoms with Gasteiger partial charge < -0.3 is 4.52 Å². The Kier molecular flexibility index (Phi) is 3.15. The number of benzene rings is 1. The molecule has 0 saturated carbocycles. The Bertz CT molecular complexity index is 544. The third-order valence-corrected chi connectivity index (χ3v) is 2.28. The zero-order valence-electron chi connectivity index (χ0n) is 8.18. The summed E-state index contributed by atoms with van der Waals surface area (Å²) < 4.78 is 5.00. The summed E-state index contributed by atoms with van der Waals surface area (Å²) in [5, 5.41) is 4.23. The smallest absolute Gasteiger partial charge is 0.240 e. The van der Waals surface area contributed by atoms with Crippen LogP contribution in [-0.2, 0) is 11.2 Å².